The molecule has 0 unspecified atom stereocenters. The van der Waals surface area contributed by atoms with E-state index in [1.165, 1.54) is 0 Å². The Bertz CT molecular complexity index is 676. The average Bonchev–Trinajstić information content (AvgIpc) is 2.67. The number of nitrogens with zero attached hydrogens (tertiary/aromatic N) is 2. The Morgan fingerprint density at radius 2 is 1.74 bits per heavy atom. The van der Waals surface area contributed by atoms with Crippen LogP contribution in [0.4, 0.5) is 4.79 Å². The molecule has 1 aromatic rings. The van der Waals surface area contributed by atoms with Crippen molar-refractivity contribution >= 4 is 18.0 Å². The molecule has 0 bridgehead atoms. The Morgan fingerprint density at radius 3 is 2.37 bits per heavy atom. The van der Waals surface area contributed by atoms with Gasteiger partial charge in [0, 0.05) is 26.1 Å². The van der Waals surface area contributed by atoms with Gasteiger partial charge in [0.1, 0.15) is 6.04 Å². The van der Waals surface area contributed by atoms with Gasteiger partial charge in [0.05, 0.1) is 19.6 Å². The van der Waals surface area contributed by atoms with E-state index in [4.69, 9.17) is 9.47 Å². The van der Waals surface area contributed by atoms with Crippen molar-refractivity contribution < 1.29 is 23.9 Å². The van der Waals surface area contributed by atoms with Crippen LogP contribution in [0, 0.1) is 0 Å². The molecule has 2 rings (SSSR count). The van der Waals surface area contributed by atoms with Crippen molar-refractivity contribution in [3.63, 3.8) is 0 Å². The van der Waals surface area contributed by atoms with Crippen molar-refractivity contribution in [2.24, 2.45) is 0 Å². The van der Waals surface area contributed by atoms with Crippen molar-refractivity contribution in [1.29, 1.82) is 0 Å². The number of carbonyl (C=O) groups excluding carboxylic acids is 3. The predicted octanol–water partition coefficient (Wildman–Crippen LogP) is 2.37. The van der Waals surface area contributed by atoms with Crippen molar-refractivity contribution in [3.8, 4) is 0 Å². The van der Waals surface area contributed by atoms with Crippen LogP contribution in [0.15, 0.2) is 24.3 Å². The topological polar surface area (TPSA) is 76.2 Å². The average molecular weight is 376 g/mol. The smallest absolute Gasteiger partial charge is 0.329 e. The monoisotopic (exact) mass is 376 g/mol. The Morgan fingerprint density at radius 1 is 1.07 bits per heavy atom. The Hall–Kier alpha value is -2.57. The molecule has 0 saturated heterocycles. The lowest BCUT2D eigenvalue weighted by molar-refractivity contribution is -0.149. The number of urea groups is 1. The van der Waals surface area contributed by atoms with Gasteiger partial charge < -0.3 is 19.3 Å². The molecule has 1 aliphatic rings. The third-order valence-electron chi connectivity index (χ3n) is 4.60. The van der Waals surface area contributed by atoms with Crippen molar-refractivity contribution in [1.82, 2.24) is 9.80 Å². The third-order valence-corrected chi connectivity index (χ3v) is 4.60. The number of amides is 2. The fourth-order valence-electron chi connectivity index (χ4n) is 3.20. The Labute approximate surface area is 160 Å². The molecule has 7 heteroatoms. The maximum atomic E-state index is 13.1. The molecular weight excluding hydrogens is 348 g/mol. The molecular formula is C20H28N2O5. The molecule has 0 aromatic heterocycles. The molecule has 0 fully saturated rings. The molecule has 0 radical (unpaired) electrons. The second-order valence-electron chi connectivity index (χ2n) is 6.29. The van der Waals surface area contributed by atoms with E-state index >= 15 is 0 Å². The van der Waals surface area contributed by atoms with Crippen LogP contribution in [0.3, 0.4) is 0 Å². The third kappa shape index (κ3) is 5.21. The van der Waals surface area contributed by atoms with Gasteiger partial charge in [-0.05, 0) is 31.9 Å². The Balaban J connectivity index is 2.18. The van der Waals surface area contributed by atoms with Gasteiger partial charge in [-0.1, -0.05) is 24.3 Å². The van der Waals surface area contributed by atoms with Gasteiger partial charge in [-0.15, -0.1) is 0 Å². The highest BCUT2D eigenvalue weighted by Gasteiger charge is 2.37. The summed E-state index contributed by atoms with van der Waals surface area (Å²) in [5, 5.41) is 0. The van der Waals surface area contributed by atoms with Gasteiger partial charge in [0.2, 0.25) is 0 Å². The second kappa shape index (κ2) is 9.94. The van der Waals surface area contributed by atoms with Crippen LogP contribution in [0.2, 0.25) is 0 Å². The zero-order valence-corrected chi connectivity index (χ0v) is 16.3. The number of rotatable bonds is 7. The predicted molar refractivity (Wildman–Crippen MR) is 100 cm³/mol. The van der Waals surface area contributed by atoms with Crippen molar-refractivity contribution in [2.75, 3.05) is 26.3 Å². The first-order valence-corrected chi connectivity index (χ1v) is 9.46. The molecule has 1 aromatic carbocycles. The first kappa shape index (κ1) is 20.7. The number of benzene rings is 1. The number of esters is 2. The molecule has 7 nitrogen and oxygen atoms in total. The van der Waals surface area contributed by atoms with Crippen LogP contribution >= 0.6 is 0 Å². The van der Waals surface area contributed by atoms with E-state index in [1.807, 2.05) is 31.2 Å². The van der Waals surface area contributed by atoms with Crippen LogP contribution in [0.5, 0.6) is 0 Å². The van der Waals surface area contributed by atoms with Gasteiger partial charge in [-0.3, -0.25) is 4.79 Å². The van der Waals surface area contributed by atoms with E-state index in [2.05, 4.69) is 0 Å². The largest absolute Gasteiger partial charge is 0.466 e. The van der Waals surface area contributed by atoms with Gasteiger partial charge in [-0.25, -0.2) is 9.59 Å². The summed E-state index contributed by atoms with van der Waals surface area (Å²) in [6.45, 7) is 6.95. The molecule has 148 valence electrons. The second-order valence-corrected chi connectivity index (χ2v) is 6.29. The van der Waals surface area contributed by atoms with Crippen LogP contribution in [0.1, 0.15) is 38.3 Å². The SMILES string of the molecule is CCOC(=O)CCN(CC)C(=O)N1Cc2ccccc2C[C@H]1C(=O)OCC. The van der Waals surface area contributed by atoms with E-state index in [1.54, 1.807) is 23.6 Å². The summed E-state index contributed by atoms with van der Waals surface area (Å²) >= 11 is 0. The molecule has 1 atom stereocenters. The summed E-state index contributed by atoms with van der Waals surface area (Å²) in [5.74, 6) is -0.739. The number of hydrogen-bond donors (Lipinski definition) is 0. The lowest BCUT2D eigenvalue weighted by Crippen LogP contribution is -2.54. The highest BCUT2D eigenvalue weighted by molar-refractivity contribution is 5.85. The van der Waals surface area contributed by atoms with Crippen LogP contribution in [-0.4, -0.2) is 60.1 Å². The first-order valence-electron chi connectivity index (χ1n) is 9.46. The Kier molecular flexibility index (Phi) is 7.64. The van der Waals surface area contributed by atoms with Crippen molar-refractivity contribution in [3.05, 3.63) is 35.4 Å². The van der Waals surface area contributed by atoms with E-state index < -0.39 is 12.0 Å². The minimum absolute atomic E-state index is 0.127. The van der Waals surface area contributed by atoms with Crippen LogP contribution in [-0.2, 0) is 32.0 Å². The zero-order valence-electron chi connectivity index (χ0n) is 16.3. The lowest BCUT2D eigenvalue weighted by Gasteiger charge is -2.38. The van der Waals surface area contributed by atoms with Crippen LogP contribution < -0.4 is 0 Å². The van der Waals surface area contributed by atoms with E-state index in [0.717, 1.165) is 11.1 Å². The molecule has 0 N–H and O–H groups in total. The summed E-state index contributed by atoms with van der Waals surface area (Å²) in [5.41, 5.74) is 2.07. The highest BCUT2D eigenvalue weighted by atomic mass is 16.5. The molecule has 27 heavy (non-hydrogen) atoms. The fraction of sp³-hybridized carbons (Fsp3) is 0.550. The summed E-state index contributed by atoms with van der Waals surface area (Å²) in [4.78, 5) is 40.3. The summed E-state index contributed by atoms with van der Waals surface area (Å²) in [6, 6.07) is 6.85. The zero-order chi connectivity index (χ0) is 19.8. The molecule has 0 aliphatic carbocycles. The standard InChI is InChI=1S/C20H28N2O5/c1-4-21(12-11-18(23)26-5-2)20(25)22-14-16-10-8-7-9-15(16)13-17(22)19(24)27-6-3/h7-10,17H,4-6,11-14H2,1-3H3/t17-/m0/s1. The van der Waals surface area contributed by atoms with E-state index in [-0.39, 0.29) is 31.6 Å². The van der Waals surface area contributed by atoms with Gasteiger partial charge in [0.25, 0.3) is 0 Å². The quantitative estimate of drug-likeness (QED) is 0.683. The molecule has 0 saturated carbocycles. The maximum absolute atomic E-state index is 13.1. The van der Waals surface area contributed by atoms with Gasteiger partial charge >= 0.3 is 18.0 Å². The highest BCUT2D eigenvalue weighted by Crippen LogP contribution is 2.25. The van der Waals surface area contributed by atoms with E-state index in [9.17, 15) is 14.4 Å². The summed E-state index contributed by atoms with van der Waals surface area (Å²) in [7, 11) is 0. The normalized spacial score (nSPS) is 15.7. The molecule has 1 heterocycles. The lowest BCUT2D eigenvalue weighted by atomic mass is 9.94. The van der Waals surface area contributed by atoms with Gasteiger partial charge in [0.15, 0.2) is 0 Å². The summed E-state index contributed by atoms with van der Waals surface area (Å²) in [6.07, 6.45) is 0.554. The number of carbonyl (C=O) groups is 3. The number of ether oxygens (including phenoxy) is 2. The molecule has 1 aliphatic heterocycles. The summed E-state index contributed by atoms with van der Waals surface area (Å²) < 4.78 is 10.1. The van der Waals surface area contributed by atoms with Gasteiger partial charge in [-0.2, -0.15) is 0 Å². The molecule has 2 amide bonds. The minimum atomic E-state index is -0.663. The van der Waals surface area contributed by atoms with E-state index in [0.29, 0.717) is 26.1 Å². The number of hydrogen-bond acceptors (Lipinski definition) is 5. The van der Waals surface area contributed by atoms with Crippen LogP contribution in [0.25, 0.3) is 0 Å². The number of fused-ring (bicyclic) bond motifs is 1. The first-order chi connectivity index (χ1) is 13.0. The van der Waals surface area contributed by atoms with Crippen molar-refractivity contribution in [2.45, 2.75) is 46.2 Å². The fourth-order valence-corrected chi connectivity index (χ4v) is 3.20. The molecule has 0 spiro atoms. The maximum Gasteiger partial charge on any atom is 0.329 e. The minimum Gasteiger partial charge on any atom is -0.466 e.